The van der Waals surface area contributed by atoms with Crippen LogP contribution < -0.4 is 0 Å². The van der Waals surface area contributed by atoms with Crippen LogP contribution in [0.1, 0.15) is 40.6 Å². The number of rotatable bonds is 2. The van der Waals surface area contributed by atoms with E-state index in [1.54, 1.807) is 6.92 Å². The molecule has 2 heterocycles. The smallest absolute Gasteiger partial charge is 0.354 e. The lowest BCUT2D eigenvalue weighted by Gasteiger charge is -2.08. The SMILES string of the molecule is CCOC(=O)c1cc2cccc3c2n1CCCC3=O. The number of hydrogen-bond acceptors (Lipinski definition) is 3. The zero-order valence-corrected chi connectivity index (χ0v) is 10.8. The zero-order chi connectivity index (χ0) is 13.4. The van der Waals surface area contributed by atoms with Crippen LogP contribution in [0, 0.1) is 0 Å². The Morgan fingerprint density at radius 1 is 1.42 bits per heavy atom. The minimum atomic E-state index is -0.320. The van der Waals surface area contributed by atoms with Gasteiger partial charge in [0.2, 0.25) is 0 Å². The molecule has 1 aromatic carbocycles. The van der Waals surface area contributed by atoms with Crippen LogP contribution in [-0.4, -0.2) is 22.9 Å². The van der Waals surface area contributed by atoms with Gasteiger partial charge in [0.25, 0.3) is 0 Å². The molecule has 0 radical (unpaired) electrons. The van der Waals surface area contributed by atoms with Gasteiger partial charge in [0, 0.05) is 23.9 Å². The second-order valence-electron chi connectivity index (χ2n) is 4.67. The summed E-state index contributed by atoms with van der Waals surface area (Å²) in [4.78, 5) is 24.1. The van der Waals surface area contributed by atoms with Crippen molar-refractivity contribution in [3.8, 4) is 0 Å². The van der Waals surface area contributed by atoms with Gasteiger partial charge in [-0.2, -0.15) is 0 Å². The highest BCUT2D eigenvalue weighted by atomic mass is 16.5. The van der Waals surface area contributed by atoms with Crippen molar-refractivity contribution in [2.45, 2.75) is 26.3 Å². The number of aryl methyl sites for hydroxylation is 1. The summed E-state index contributed by atoms with van der Waals surface area (Å²) in [6.45, 7) is 2.82. The Morgan fingerprint density at radius 3 is 3.05 bits per heavy atom. The van der Waals surface area contributed by atoms with E-state index in [1.165, 1.54) is 0 Å². The molecule has 19 heavy (non-hydrogen) atoms. The van der Waals surface area contributed by atoms with E-state index in [0.29, 0.717) is 30.8 Å². The minimum Gasteiger partial charge on any atom is -0.461 e. The largest absolute Gasteiger partial charge is 0.461 e. The number of carbonyl (C=O) groups excluding carboxylic acids is 2. The molecule has 0 fully saturated rings. The lowest BCUT2D eigenvalue weighted by atomic mass is 10.1. The summed E-state index contributed by atoms with van der Waals surface area (Å²) in [6.07, 6.45) is 1.28. The van der Waals surface area contributed by atoms with Gasteiger partial charge in [-0.3, -0.25) is 4.79 Å². The molecule has 0 unspecified atom stereocenters. The third kappa shape index (κ3) is 1.84. The predicted octanol–water partition coefficient (Wildman–Crippen LogP) is 2.79. The number of esters is 1. The van der Waals surface area contributed by atoms with Gasteiger partial charge in [0.05, 0.1) is 12.1 Å². The highest BCUT2D eigenvalue weighted by Crippen LogP contribution is 2.28. The fraction of sp³-hybridized carbons (Fsp3) is 0.333. The third-order valence-electron chi connectivity index (χ3n) is 3.49. The van der Waals surface area contributed by atoms with Gasteiger partial charge in [0.1, 0.15) is 5.69 Å². The molecule has 0 saturated carbocycles. The number of carbonyl (C=O) groups is 2. The van der Waals surface area contributed by atoms with Crippen LogP contribution in [0.3, 0.4) is 0 Å². The molecule has 98 valence electrons. The van der Waals surface area contributed by atoms with Gasteiger partial charge in [0.15, 0.2) is 5.78 Å². The van der Waals surface area contributed by atoms with Crippen molar-refractivity contribution in [3.63, 3.8) is 0 Å². The molecule has 3 rings (SSSR count). The molecular weight excluding hydrogens is 242 g/mol. The van der Waals surface area contributed by atoms with Crippen molar-refractivity contribution in [2.75, 3.05) is 6.61 Å². The number of aromatic nitrogens is 1. The van der Waals surface area contributed by atoms with Crippen molar-refractivity contribution in [2.24, 2.45) is 0 Å². The molecule has 0 bridgehead atoms. The fourth-order valence-electron chi connectivity index (χ4n) is 2.69. The van der Waals surface area contributed by atoms with Crippen molar-refractivity contribution in [3.05, 3.63) is 35.5 Å². The van der Waals surface area contributed by atoms with Crippen molar-refractivity contribution >= 4 is 22.7 Å². The molecule has 0 saturated heterocycles. The third-order valence-corrected chi connectivity index (χ3v) is 3.49. The number of para-hydroxylation sites is 1. The van der Waals surface area contributed by atoms with Gasteiger partial charge in [-0.1, -0.05) is 12.1 Å². The molecule has 1 aliphatic rings. The average molecular weight is 257 g/mol. The first-order valence-electron chi connectivity index (χ1n) is 6.55. The van der Waals surface area contributed by atoms with Gasteiger partial charge >= 0.3 is 5.97 Å². The summed E-state index contributed by atoms with van der Waals surface area (Å²) in [6, 6.07) is 7.44. The predicted molar refractivity (Wildman–Crippen MR) is 71.5 cm³/mol. The summed E-state index contributed by atoms with van der Waals surface area (Å²) < 4.78 is 7.01. The number of ketones is 1. The Kier molecular flexibility index (Phi) is 2.85. The summed E-state index contributed by atoms with van der Waals surface area (Å²) in [5, 5.41) is 0.927. The normalized spacial score (nSPS) is 14.5. The zero-order valence-electron chi connectivity index (χ0n) is 10.8. The molecule has 2 aromatic rings. The molecule has 4 heteroatoms. The van der Waals surface area contributed by atoms with Gasteiger partial charge in [-0.15, -0.1) is 0 Å². The van der Waals surface area contributed by atoms with E-state index in [9.17, 15) is 9.59 Å². The van der Waals surface area contributed by atoms with E-state index in [2.05, 4.69) is 0 Å². The molecule has 0 N–H and O–H groups in total. The minimum absolute atomic E-state index is 0.151. The number of ether oxygens (including phenoxy) is 1. The van der Waals surface area contributed by atoms with Crippen LogP contribution in [0.25, 0.3) is 10.9 Å². The van der Waals surface area contributed by atoms with E-state index < -0.39 is 0 Å². The number of hydrogen-bond donors (Lipinski definition) is 0. The Balaban J connectivity index is 2.26. The molecule has 0 spiro atoms. The van der Waals surface area contributed by atoms with E-state index >= 15 is 0 Å². The molecule has 0 aliphatic carbocycles. The standard InChI is InChI=1S/C15H15NO3/c1-2-19-15(18)12-9-10-5-3-6-11-13(17)7-4-8-16(12)14(10)11/h3,5-6,9H,2,4,7-8H2,1H3. The Morgan fingerprint density at radius 2 is 2.26 bits per heavy atom. The highest BCUT2D eigenvalue weighted by Gasteiger charge is 2.23. The summed E-state index contributed by atoms with van der Waals surface area (Å²) in [5.41, 5.74) is 2.12. The quantitative estimate of drug-likeness (QED) is 0.777. The fourth-order valence-corrected chi connectivity index (χ4v) is 2.69. The van der Waals surface area contributed by atoms with Crippen LogP contribution in [0.4, 0.5) is 0 Å². The van der Waals surface area contributed by atoms with Gasteiger partial charge in [-0.25, -0.2) is 4.79 Å². The number of Topliss-reactive ketones (excluding diaryl/α,β-unsaturated/α-hetero) is 1. The van der Waals surface area contributed by atoms with Crippen molar-refractivity contribution < 1.29 is 14.3 Å². The topological polar surface area (TPSA) is 48.3 Å². The van der Waals surface area contributed by atoms with Crippen LogP contribution in [0.15, 0.2) is 24.3 Å². The lowest BCUT2D eigenvalue weighted by molar-refractivity contribution is 0.0514. The number of benzene rings is 1. The summed E-state index contributed by atoms with van der Waals surface area (Å²) in [7, 11) is 0. The number of nitrogens with zero attached hydrogens (tertiary/aromatic N) is 1. The Bertz CT molecular complexity index is 669. The molecular formula is C15H15NO3. The first-order chi connectivity index (χ1) is 9.22. The molecule has 1 aromatic heterocycles. The molecule has 0 atom stereocenters. The average Bonchev–Trinajstić information content (AvgIpc) is 2.69. The van der Waals surface area contributed by atoms with Crippen LogP contribution in [-0.2, 0) is 11.3 Å². The maximum Gasteiger partial charge on any atom is 0.354 e. The van der Waals surface area contributed by atoms with E-state index in [4.69, 9.17) is 4.74 Å². The first-order valence-corrected chi connectivity index (χ1v) is 6.55. The second kappa shape index (κ2) is 4.53. The highest BCUT2D eigenvalue weighted by molar-refractivity contribution is 6.09. The van der Waals surface area contributed by atoms with Crippen LogP contribution >= 0.6 is 0 Å². The van der Waals surface area contributed by atoms with Gasteiger partial charge in [-0.05, 0) is 25.5 Å². The maximum absolute atomic E-state index is 12.1. The Hall–Kier alpha value is -2.10. The van der Waals surface area contributed by atoms with Crippen LogP contribution in [0.5, 0.6) is 0 Å². The molecule has 4 nitrogen and oxygen atoms in total. The Labute approximate surface area is 111 Å². The van der Waals surface area contributed by atoms with Crippen molar-refractivity contribution in [1.82, 2.24) is 4.57 Å². The monoisotopic (exact) mass is 257 g/mol. The van der Waals surface area contributed by atoms with Gasteiger partial charge < -0.3 is 9.30 Å². The first kappa shape index (κ1) is 12.0. The van der Waals surface area contributed by atoms with Crippen molar-refractivity contribution in [1.29, 1.82) is 0 Å². The molecule has 0 amide bonds. The van der Waals surface area contributed by atoms with Crippen LogP contribution in [0.2, 0.25) is 0 Å². The lowest BCUT2D eigenvalue weighted by Crippen LogP contribution is -2.12. The summed E-state index contributed by atoms with van der Waals surface area (Å²) >= 11 is 0. The second-order valence-corrected chi connectivity index (χ2v) is 4.67. The summed E-state index contributed by atoms with van der Waals surface area (Å²) in [5.74, 6) is -0.170. The van der Waals surface area contributed by atoms with E-state index in [-0.39, 0.29) is 11.8 Å². The molecule has 1 aliphatic heterocycles. The van der Waals surface area contributed by atoms with E-state index in [1.807, 2.05) is 28.8 Å². The maximum atomic E-state index is 12.1. The van der Waals surface area contributed by atoms with E-state index in [0.717, 1.165) is 17.3 Å².